The Morgan fingerprint density at radius 1 is 1.40 bits per heavy atom. The van der Waals surface area contributed by atoms with Gasteiger partial charge in [0.1, 0.15) is 0 Å². The molecule has 1 aromatic heterocycles. The van der Waals surface area contributed by atoms with Crippen LogP contribution in [-0.2, 0) is 10.8 Å². The quantitative estimate of drug-likeness (QED) is 0.923. The van der Waals surface area contributed by atoms with Crippen LogP contribution in [0.4, 0.5) is 5.69 Å². The van der Waals surface area contributed by atoms with Gasteiger partial charge in [0, 0.05) is 39.9 Å². The summed E-state index contributed by atoms with van der Waals surface area (Å²) in [6.45, 7) is 2.02. The van der Waals surface area contributed by atoms with Crippen molar-refractivity contribution in [1.82, 2.24) is 4.98 Å². The van der Waals surface area contributed by atoms with Crippen LogP contribution in [0.2, 0.25) is 5.02 Å². The summed E-state index contributed by atoms with van der Waals surface area (Å²) in [7, 11) is -0.640. The average molecular weight is 309 g/mol. The highest BCUT2D eigenvalue weighted by molar-refractivity contribution is 7.85. The van der Waals surface area contributed by atoms with E-state index in [0.29, 0.717) is 6.04 Å². The van der Waals surface area contributed by atoms with Crippen molar-refractivity contribution in [3.63, 3.8) is 0 Å². The van der Waals surface area contributed by atoms with E-state index in [9.17, 15) is 4.21 Å². The van der Waals surface area contributed by atoms with Crippen LogP contribution in [0, 0.1) is 6.92 Å². The second kappa shape index (κ2) is 5.70. The van der Waals surface area contributed by atoms with Crippen molar-refractivity contribution in [3.05, 3.63) is 35.0 Å². The molecule has 0 bridgehead atoms. The van der Waals surface area contributed by atoms with Gasteiger partial charge in [-0.2, -0.15) is 0 Å². The third kappa shape index (κ3) is 2.67. The number of rotatable bonds is 2. The van der Waals surface area contributed by atoms with Crippen LogP contribution in [0.25, 0.3) is 10.9 Å². The highest BCUT2D eigenvalue weighted by atomic mass is 35.5. The Morgan fingerprint density at radius 2 is 2.15 bits per heavy atom. The fourth-order valence-electron chi connectivity index (χ4n) is 2.67. The largest absolute Gasteiger partial charge is 0.380 e. The SMILES string of the molecule is Cc1cc(Cl)c(NC2CCS(=O)CC2)c2cccnc12. The molecule has 0 saturated carbocycles. The first-order valence-electron chi connectivity index (χ1n) is 6.80. The van der Waals surface area contributed by atoms with Crippen LogP contribution < -0.4 is 5.32 Å². The minimum atomic E-state index is -0.640. The van der Waals surface area contributed by atoms with Crippen molar-refractivity contribution in [3.8, 4) is 0 Å². The summed E-state index contributed by atoms with van der Waals surface area (Å²) in [5.41, 5.74) is 3.03. The lowest BCUT2D eigenvalue weighted by molar-refractivity contribution is 0.624. The Bertz CT molecular complexity index is 664. The molecule has 106 valence electrons. The molecule has 0 atom stereocenters. The first-order chi connectivity index (χ1) is 9.65. The lowest BCUT2D eigenvalue weighted by Crippen LogP contribution is -2.29. The number of hydrogen-bond acceptors (Lipinski definition) is 3. The van der Waals surface area contributed by atoms with E-state index < -0.39 is 10.8 Å². The molecule has 2 heterocycles. The van der Waals surface area contributed by atoms with Crippen LogP contribution in [-0.4, -0.2) is 26.7 Å². The number of hydrogen-bond donors (Lipinski definition) is 1. The fraction of sp³-hybridized carbons (Fsp3) is 0.400. The standard InChI is InChI=1S/C15H17ClN2OS/c1-10-9-13(16)15(12-3-2-6-17-14(10)12)18-11-4-7-20(19)8-5-11/h2-3,6,9,11,18H,4-5,7-8H2,1H3. The molecule has 1 aliphatic heterocycles. The summed E-state index contributed by atoms with van der Waals surface area (Å²) in [5, 5.41) is 5.32. The third-order valence-corrected chi connectivity index (χ3v) is 5.45. The molecule has 0 aliphatic carbocycles. The summed E-state index contributed by atoms with van der Waals surface area (Å²) in [6.07, 6.45) is 3.66. The molecular weight excluding hydrogens is 292 g/mol. The molecule has 0 radical (unpaired) electrons. The number of nitrogens with one attached hydrogen (secondary N) is 1. The van der Waals surface area contributed by atoms with E-state index in [0.717, 1.165) is 51.5 Å². The molecule has 20 heavy (non-hydrogen) atoms. The van der Waals surface area contributed by atoms with Crippen molar-refractivity contribution in [1.29, 1.82) is 0 Å². The monoisotopic (exact) mass is 308 g/mol. The summed E-state index contributed by atoms with van der Waals surface area (Å²) < 4.78 is 11.4. The van der Waals surface area contributed by atoms with Crippen molar-refractivity contribution < 1.29 is 4.21 Å². The Labute approximate surface area is 126 Å². The molecular formula is C15H17ClN2OS. The van der Waals surface area contributed by atoms with E-state index in [1.165, 1.54) is 0 Å². The maximum atomic E-state index is 11.4. The lowest BCUT2D eigenvalue weighted by Gasteiger charge is -2.25. The van der Waals surface area contributed by atoms with Crippen LogP contribution in [0.5, 0.6) is 0 Å². The van der Waals surface area contributed by atoms with Crippen LogP contribution in [0.15, 0.2) is 24.4 Å². The molecule has 1 aliphatic rings. The van der Waals surface area contributed by atoms with E-state index in [1.54, 1.807) is 6.20 Å². The van der Waals surface area contributed by atoms with Gasteiger partial charge in [0.2, 0.25) is 0 Å². The average Bonchev–Trinajstić information content (AvgIpc) is 2.45. The number of anilines is 1. The number of pyridine rings is 1. The van der Waals surface area contributed by atoms with Crippen LogP contribution >= 0.6 is 11.6 Å². The molecule has 0 unspecified atom stereocenters. The molecule has 0 amide bonds. The van der Waals surface area contributed by atoms with E-state index in [2.05, 4.69) is 10.3 Å². The third-order valence-electron chi connectivity index (χ3n) is 3.77. The predicted molar refractivity (Wildman–Crippen MR) is 86.0 cm³/mol. The molecule has 5 heteroatoms. The summed E-state index contributed by atoms with van der Waals surface area (Å²) in [6, 6.07) is 6.28. The van der Waals surface area contributed by atoms with E-state index >= 15 is 0 Å². The molecule has 3 rings (SSSR count). The summed E-state index contributed by atoms with van der Waals surface area (Å²) in [4.78, 5) is 4.44. The Balaban J connectivity index is 1.96. The van der Waals surface area contributed by atoms with Crippen LogP contribution in [0.1, 0.15) is 18.4 Å². The van der Waals surface area contributed by atoms with Crippen molar-refractivity contribution in [2.75, 3.05) is 16.8 Å². The number of aryl methyl sites for hydroxylation is 1. The highest BCUT2D eigenvalue weighted by Crippen LogP contribution is 2.34. The molecule has 1 N–H and O–H groups in total. The topological polar surface area (TPSA) is 42.0 Å². The molecule has 1 fully saturated rings. The first kappa shape index (κ1) is 13.8. The lowest BCUT2D eigenvalue weighted by atomic mass is 10.1. The van der Waals surface area contributed by atoms with E-state index in [1.807, 2.05) is 25.1 Å². The second-order valence-electron chi connectivity index (χ2n) is 5.22. The maximum Gasteiger partial charge on any atom is 0.0752 e. The van der Waals surface area contributed by atoms with Gasteiger partial charge >= 0.3 is 0 Å². The van der Waals surface area contributed by atoms with Gasteiger partial charge in [0.05, 0.1) is 16.2 Å². The zero-order chi connectivity index (χ0) is 14.1. The molecule has 3 nitrogen and oxygen atoms in total. The molecule has 1 aromatic carbocycles. The zero-order valence-corrected chi connectivity index (χ0v) is 12.9. The highest BCUT2D eigenvalue weighted by Gasteiger charge is 2.19. The van der Waals surface area contributed by atoms with Gasteiger partial charge in [-0.05, 0) is 43.5 Å². The van der Waals surface area contributed by atoms with Crippen molar-refractivity contribution >= 4 is 39.0 Å². The van der Waals surface area contributed by atoms with Gasteiger partial charge in [-0.15, -0.1) is 0 Å². The van der Waals surface area contributed by atoms with Crippen LogP contribution in [0.3, 0.4) is 0 Å². The second-order valence-corrected chi connectivity index (χ2v) is 7.32. The zero-order valence-electron chi connectivity index (χ0n) is 11.4. The molecule has 2 aromatic rings. The van der Waals surface area contributed by atoms with Gasteiger partial charge in [0.15, 0.2) is 0 Å². The van der Waals surface area contributed by atoms with Gasteiger partial charge in [-0.3, -0.25) is 9.19 Å². The number of aromatic nitrogens is 1. The normalized spacial score (nSPS) is 22.9. The number of halogens is 1. The molecule has 1 saturated heterocycles. The summed E-state index contributed by atoms with van der Waals surface area (Å²) in [5.74, 6) is 1.55. The van der Waals surface area contributed by atoms with Crippen molar-refractivity contribution in [2.45, 2.75) is 25.8 Å². The minimum absolute atomic E-state index is 0.344. The van der Waals surface area contributed by atoms with Gasteiger partial charge in [0.25, 0.3) is 0 Å². The Morgan fingerprint density at radius 3 is 2.90 bits per heavy atom. The fourth-order valence-corrected chi connectivity index (χ4v) is 4.29. The van der Waals surface area contributed by atoms with E-state index in [4.69, 9.17) is 11.6 Å². The smallest absolute Gasteiger partial charge is 0.0752 e. The van der Waals surface area contributed by atoms with Crippen molar-refractivity contribution in [2.24, 2.45) is 0 Å². The summed E-state index contributed by atoms with van der Waals surface area (Å²) >= 11 is 6.41. The Kier molecular flexibility index (Phi) is 3.94. The predicted octanol–water partition coefficient (Wildman–Crippen LogP) is 3.52. The number of benzene rings is 1. The number of nitrogens with zero attached hydrogens (tertiary/aromatic N) is 1. The van der Waals surface area contributed by atoms with Gasteiger partial charge < -0.3 is 5.32 Å². The van der Waals surface area contributed by atoms with Gasteiger partial charge in [-0.25, -0.2) is 0 Å². The Hall–Kier alpha value is -1.13. The van der Waals surface area contributed by atoms with E-state index in [-0.39, 0.29) is 0 Å². The first-order valence-corrected chi connectivity index (χ1v) is 8.67. The minimum Gasteiger partial charge on any atom is -0.380 e. The number of fused-ring (bicyclic) bond motifs is 1. The van der Waals surface area contributed by atoms with Gasteiger partial charge in [-0.1, -0.05) is 11.6 Å². The molecule has 0 spiro atoms. The maximum absolute atomic E-state index is 11.4.